The van der Waals surface area contributed by atoms with Crippen molar-refractivity contribution in [3.8, 4) is 11.4 Å². The number of nitrogens with zero attached hydrogens (tertiary/aromatic N) is 3. The van der Waals surface area contributed by atoms with Crippen LogP contribution < -0.4 is 5.32 Å². The Hall–Kier alpha value is -3.17. The van der Waals surface area contributed by atoms with E-state index in [1.54, 1.807) is 28.8 Å². The average Bonchev–Trinajstić information content (AvgIpc) is 3.32. The number of allylic oxidation sites excluding steroid dienone is 1. The van der Waals surface area contributed by atoms with E-state index in [1.807, 2.05) is 51.3 Å². The molecule has 0 saturated carbocycles. The molecule has 1 aliphatic heterocycles. The van der Waals surface area contributed by atoms with Gasteiger partial charge in [-0.25, -0.2) is 9.18 Å². The number of benzene rings is 2. The fourth-order valence-electron chi connectivity index (χ4n) is 4.00. The molecule has 0 fully saturated rings. The van der Waals surface area contributed by atoms with E-state index in [9.17, 15) is 9.18 Å². The SMILES string of the molecule is CSc1ccc(-c2noc(C3=C(C)N(CCCOC(C)C)C(=O)NC3c3cccc(F)c3)n2)cc1. The summed E-state index contributed by atoms with van der Waals surface area (Å²) in [5.74, 6) is 0.339. The molecule has 1 N–H and O–H groups in total. The Labute approximate surface area is 208 Å². The lowest BCUT2D eigenvalue weighted by Crippen LogP contribution is -2.46. The summed E-state index contributed by atoms with van der Waals surface area (Å²) in [5.41, 5.74) is 2.74. The maximum absolute atomic E-state index is 14.1. The zero-order chi connectivity index (χ0) is 24.9. The zero-order valence-corrected chi connectivity index (χ0v) is 21.1. The molecular formula is C26H29FN4O3S. The molecule has 9 heteroatoms. The second-order valence-electron chi connectivity index (χ2n) is 8.51. The Balaban J connectivity index is 1.70. The van der Waals surface area contributed by atoms with Gasteiger partial charge < -0.3 is 14.6 Å². The molecule has 1 aromatic heterocycles. The van der Waals surface area contributed by atoms with Gasteiger partial charge in [0.05, 0.1) is 17.7 Å². The van der Waals surface area contributed by atoms with Gasteiger partial charge in [0.15, 0.2) is 0 Å². The number of ether oxygens (including phenoxy) is 1. The van der Waals surface area contributed by atoms with Crippen molar-refractivity contribution in [3.63, 3.8) is 0 Å². The molecule has 3 aromatic rings. The summed E-state index contributed by atoms with van der Waals surface area (Å²) in [5, 5.41) is 7.18. The highest BCUT2D eigenvalue weighted by molar-refractivity contribution is 7.98. The molecule has 0 saturated heterocycles. The summed E-state index contributed by atoms with van der Waals surface area (Å²) >= 11 is 1.65. The van der Waals surface area contributed by atoms with E-state index >= 15 is 0 Å². The summed E-state index contributed by atoms with van der Waals surface area (Å²) in [6.07, 6.45) is 2.80. The van der Waals surface area contributed by atoms with Gasteiger partial charge in [0.25, 0.3) is 5.89 Å². The first-order valence-electron chi connectivity index (χ1n) is 11.5. The largest absolute Gasteiger partial charge is 0.379 e. The number of thioether (sulfide) groups is 1. The molecular weight excluding hydrogens is 467 g/mol. The van der Waals surface area contributed by atoms with Crippen LogP contribution in [0.1, 0.15) is 44.7 Å². The molecule has 1 atom stereocenters. The minimum atomic E-state index is -0.631. The van der Waals surface area contributed by atoms with Gasteiger partial charge in [0.2, 0.25) is 5.82 Å². The third-order valence-electron chi connectivity index (χ3n) is 5.76. The second-order valence-corrected chi connectivity index (χ2v) is 9.39. The van der Waals surface area contributed by atoms with Gasteiger partial charge in [-0.2, -0.15) is 4.98 Å². The summed E-state index contributed by atoms with van der Waals surface area (Å²) < 4.78 is 25.4. The number of hydrogen-bond donors (Lipinski definition) is 1. The molecule has 1 aliphatic rings. The van der Waals surface area contributed by atoms with Crippen molar-refractivity contribution in [1.82, 2.24) is 20.4 Å². The first-order valence-corrected chi connectivity index (χ1v) is 12.7. The van der Waals surface area contributed by atoms with Gasteiger partial charge in [-0.1, -0.05) is 17.3 Å². The van der Waals surface area contributed by atoms with Crippen LogP contribution in [-0.2, 0) is 4.74 Å². The normalized spacial score (nSPS) is 16.2. The number of amides is 2. The molecule has 0 radical (unpaired) electrons. The fourth-order valence-corrected chi connectivity index (χ4v) is 4.40. The molecule has 35 heavy (non-hydrogen) atoms. The van der Waals surface area contributed by atoms with Crippen molar-refractivity contribution in [2.24, 2.45) is 0 Å². The molecule has 7 nitrogen and oxygen atoms in total. The van der Waals surface area contributed by atoms with Crippen molar-refractivity contribution < 1.29 is 18.4 Å². The lowest BCUT2D eigenvalue weighted by atomic mass is 9.94. The summed E-state index contributed by atoms with van der Waals surface area (Å²) in [6, 6.07) is 13.1. The first-order chi connectivity index (χ1) is 16.9. The summed E-state index contributed by atoms with van der Waals surface area (Å²) in [4.78, 5) is 20.5. The van der Waals surface area contributed by atoms with Gasteiger partial charge in [-0.3, -0.25) is 4.90 Å². The van der Waals surface area contributed by atoms with Crippen LogP contribution >= 0.6 is 11.8 Å². The zero-order valence-electron chi connectivity index (χ0n) is 20.2. The number of nitrogens with one attached hydrogen (secondary N) is 1. The second kappa shape index (κ2) is 11.0. The molecule has 2 aromatic carbocycles. The van der Waals surface area contributed by atoms with Gasteiger partial charge in [-0.05, 0) is 75.4 Å². The molecule has 184 valence electrons. The number of halogens is 1. The lowest BCUT2D eigenvalue weighted by Gasteiger charge is -2.35. The average molecular weight is 497 g/mol. The van der Waals surface area contributed by atoms with E-state index in [1.165, 1.54) is 12.1 Å². The van der Waals surface area contributed by atoms with Crippen molar-refractivity contribution >= 4 is 23.4 Å². The van der Waals surface area contributed by atoms with Crippen LogP contribution in [-0.4, -0.2) is 46.6 Å². The molecule has 2 heterocycles. The van der Waals surface area contributed by atoms with E-state index < -0.39 is 6.04 Å². The first kappa shape index (κ1) is 24.9. The number of rotatable bonds is 9. The maximum Gasteiger partial charge on any atom is 0.322 e. The van der Waals surface area contributed by atoms with E-state index in [0.717, 1.165) is 10.5 Å². The van der Waals surface area contributed by atoms with Crippen LogP contribution in [0, 0.1) is 5.82 Å². The standard InChI is InChI=1S/C26H29FN4O3S/c1-16(2)33-14-6-13-31-17(3)22(23(28-26(31)32)19-7-5-8-20(27)15-19)25-29-24(30-34-25)18-9-11-21(35-4)12-10-18/h5,7-12,15-16,23H,6,13-14H2,1-4H3,(H,28,32). The maximum atomic E-state index is 14.1. The smallest absolute Gasteiger partial charge is 0.322 e. The van der Waals surface area contributed by atoms with Crippen molar-refractivity contribution in [1.29, 1.82) is 0 Å². The van der Waals surface area contributed by atoms with Gasteiger partial charge >= 0.3 is 6.03 Å². The van der Waals surface area contributed by atoms with Gasteiger partial charge in [0, 0.05) is 29.3 Å². The van der Waals surface area contributed by atoms with E-state index in [0.29, 0.717) is 42.2 Å². The molecule has 2 amide bonds. The Bertz CT molecular complexity index is 1210. The highest BCUT2D eigenvalue weighted by Crippen LogP contribution is 2.37. The van der Waals surface area contributed by atoms with Crippen molar-refractivity contribution in [2.45, 2.75) is 44.2 Å². The van der Waals surface area contributed by atoms with Gasteiger partial charge in [0.1, 0.15) is 5.82 Å². The van der Waals surface area contributed by atoms with Crippen molar-refractivity contribution in [2.75, 3.05) is 19.4 Å². The van der Waals surface area contributed by atoms with E-state index in [-0.39, 0.29) is 23.8 Å². The fraction of sp³-hybridized carbons (Fsp3) is 0.346. The monoisotopic (exact) mass is 496 g/mol. The van der Waals surface area contributed by atoms with E-state index in [2.05, 4.69) is 15.5 Å². The predicted molar refractivity (Wildman–Crippen MR) is 134 cm³/mol. The Morgan fingerprint density at radius 1 is 1.23 bits per heavy atom. The molecule has 0 aliphatic carbocycles. The third kappa shape index (κ3) is 5.74. The number of carbonyl (C=O) groups is 1. The van der Waals surface area contributed by atoms with Crippen LogP contribution in [0.4, 0.5) is 9.18 Å². The summed E-state index contributed by atoms with van der Waals surface area (Å²) in [6.45, 7) is 6.79. The number of urea groups is 1. The molecule has 0 bridgehead atoms. The third-order valence-corrected chi connectivity index (χ3v) is 6.50. The molecule has 4 rings (SSSR count). The quantitative estimate of drug-likeness (QED) is 0.293. The Kier molecular flexibility index (Phi) is 7.87. The molecule has 1 unspecified atom stereocenters. The van der Waals surface area contributed by atoms with Gasteiger partial charge in [-0.15, -0.1) is 11.8 Å². The van der Waals surface area contributed by atoms with Crippen LogP contribution in [0.25, 0.3) is 17.0 Å². The molecule has 0 spiro atoms. The minimum Gasteiger partial charge on any atom is -0.379 e. The van der Waals surface area contributed by atoms with Crippen LogP contribution in [0.3, 0.4) is 0 Å². The van der Waals surface area contributed by atoms with Crippen LogP contribution in [0.15, 0.2) is 63.6 Å². The lowest BCUT2D eigenvalue weighted by molar-refractivity contribution is 0.0736. The highest BCUT2D eigenvalue weighted by Gasteiger charge is 2.35. The van der Waals surface area contributed by atoms with Crippen LogP contribution in [0.2, 0.25) is 0 Å². The van der Waals surface area contributed by atoms with Crippen molar-refractivity contribution in [3.05, 3.63) is 71.5 Å². The Morgan fingerprint density at radius 2 is 2.00 bits per heavy atom. The topological polar surface area (TPSA) is 80.5 Å². The van der Waals surface area contributed by atoms with E-state index in [4.69, 9.17) is 9.26 Å². The summed E-state index contributed by atoms with van der Waals surface area (Å²) in [7, 11) is 0. The minimum absolute atomic E-state index is 0.122. The highest BCUT2D eigenvalue weighted by atomic mass is 32.2. The Morgan fingerprint density at radius 3 is 2.69 bits per heavy atom. The number of hydrogen-bond acceptors (Lipinski definition) is 6. The number of carbonyl (C=O) groups excluding carboxylic acids is 1. The van der Waals surface area contributed by atoms with Crippen LogP contribution in [0.5, 0.6) is 0 Å². The number of aromatic nitrogens is 2. The predicted octanol–water partition coefficient (Wildman–Crippen LogP) is 5.91.